The van der Waals surface area contributed by atoms with E-state index in [0.29, 0.717) is 17.6 Å². The molecule has 0 radical (unpaired) electrons. The number of rotatable bonds is 5. The Morgan fingerprint density at radius 1 is 1.23 bits per heavy atom. The molecule has 1 aliphatic heterocycles. The highest BCUT2D eigenvalue weighted by molar-refractivity contribution is 7.99. The molecule has 140 valence electrons. The van der Waals surface area contributed by atoms with Crippen molar-refractivity contribution in [3.05, 3.63) is 24.3 Å². The molecule has 1 aromatic carbocycles. The summed E-state index contributed by atoms with van der Waals surface area (Å²) < 4.78 is 7.33. The van der Waals surface area contributed by atoms with Gasteiger partial charge in [-0.1, -0.05) is 37.7 Å². The van der Waals surface area contributed by atoms with E-state index in [1.54, 1.807) is 7.11 Å². The maximum absolute atomic E-state index is 12.6. The molecule has 0 saturated carbocycles. The number of benzene rings is 1. The van der Waals surface area contributed by atoms with Crippen LogP contribution in [-0.4, -0.2) is 51.5 Å². The van der Waals surface area contributed by atoms with Gasteiger partial charge in [-0.05, 0) is 30.4 Å². The zero-order valence-electron chi connectivity index (χ0n) is 15.8. The molecule has 1 amide bonds. The van der Waals surface area contributed by atoms with E-state index in [1.807, 2.05) is 40.8 Å². The lowest BCUT2D eigenvalue weighted by molar-refractivity contribution is -0.130. The summed E-state index contributed by atoms with van der Waals surface area (Å²) in [5.74, 6) is 3.19. The standard InChI is InChI=1S/C19H26N4O2S/c1-13-9-14(2)11-23(10-13)17(24)12-26-19-21-20-18(22(19)3)15-7-5-6-8-16(15)25-4/h5-8,13-14H,9-12H2,1-4H3/t13-,14-/m0/s1. The van der Waals surface area contributed by atoms with E-state index in [2.05, 4.69) is 24.0 Å². The molecule has 6 nitrogen and oxygen atoms in total. The molecule has 2 aromatic rings. The second-order valence-electron chi connectivity index (χ2n) is 7.10. The van der Waals surface area contributed by atoms with Gasteiger partial charge in [-0.2, -0.15) is 0 Å². The summed E-state index contributed by atoms with van der Waals surface area (Å²) in [5, 5.41) is 9.29. The Balaban J connectivity index is 1.68. The number of carbonyl (C=O) groups is 1. The van der Waals surface area contributed by atoms with Gasteiger partial charge in [-0.25, -0.2) is 0 Å². The quantitative estimate of drug-likeness (QED) is 0.753. The minimum absolute atomic E-state index is 0.176. The Hall–Kier alpha value is -2.02. The van der Waals surface area contributed by atoms with Crippen molar-refractivity contribution < 1.29 is 9.53 Å². The van der Waals surface area contributed by atoms with Gasteiger partial charge in [0.1, 0.15) is 5.75 Å². The predicted octanol–water partition coefficient (Wildman–Crippen LogP) is 3.09. The average molecular weight is 375 g/mol. The Morgan fingerprint density at radius 2 is 1.92 bits per heavy atom. The van der Waals surface area contributed by atoms with Crippen LogP contribution in [0.25, 0.3) is 11.4 Å². The average Bonchev–Trinajstić information content (AvgIpc) is 2.99. The van der Waals surface area contributed by atoms with Crippen molar-refractivity contribution in [1.29, 1.82) is 0 Å². The molecule has 0 bridgehead atoms. The Labute approximate surface area is 158 Å². The van der Waals surface area contributed by atoms with Gasteiger partial charge in [0, 0.05) is 20.1 Å². The number of para-hydroxylation sites is 1. The van der Waals surface area contributed by atoms with Gasteiger partial charge in [0.25, 0.3) is 0 Å². The molecule has 7 heteroatoms. The van der Waals surface area contributed by atoms with Crippen molar-refractivity contribution in [3.63, 3.8) is 0 Å². The number of nitrogens with zero attached hydrogens (tertiary/aromatic N) is 4. The van der Waals surface area contributed by atoms with Crippen molar-refractivity contribution in [2.24, 2.45) is 18.9 Å². The summed E-state index contributed by atoms with van der Waals surface area (Å²) >= 11 is 1.44. The van der Waals surface area contributed by atoms with Gasteiger partial charge < -0.3 is 14.2 Å². The molecule has 1 aromatic heterocycles. The maximum Gasteiger partial charge on any atom is 0.233 e. The van der Waals surface area contributed by atoms with Crippen LogP contribution in [0.2, 0.25) is 0 Å². The van der Waals surface area contributed by atoms with Gasteiger partial charge in [0.05, 0.1) is 18.4 Å². The molecule has 0 N–H and O–H groups in total. The zero-order valence-corrected chi connectivity index (χ0v) is 16.6. The number of hydrogen-bond donors (Lipinski definition) is 0. The van der Waals surface area contributed by atoms with Crippen LogP contribution in [0.1, 0.15) is 20.3 Å². The smallest absolute Gasteiger partial charge is 0.233 e. The Kier molecular flexibility index (Phi) is 5.86. The third kappa shape index (κ3) is 4.03. The summed E-state index contributed by atoms with van der Waals surface area (Å²) in [6.07, 6.45) is 1.20. The molecule has 1 saturated heterocycles. The summed E-state index contributed by atoms with van der Waals surface area (Å²) in [7, 11) is 3.56. The van der Waals surface area contributed by atoms with Crippen LogP contribution in [0, 0.1) is 11.8 Å². The Bertz CT molecular complexity index is 767. The van der Waals surface area contributed by atoms with Crippen LogP contribution in [-0.2, 0) is 11.8 Å². The molecule has 1 aliphatic rings. The molecule has 26 heavy (non-hydrogen) atoms. The molecular weight excluding hydrogens is 348 g/mol. The zero-order chi connectivity index (χ0) is 18.7. The minimum atomic E-state index is 0.176. The van der Waals surface area contributed by atoms with Gasteiger partial charge in [-0.3, -0.25) is 4.79 Å². The van der Waals surface area contributed by atoms with Gasteiger partial charge in [-0.15, -0.1) is 10.2 Å². The molecular formula is C19H26N4O2S. The van der Waals surface area contributed by atoms with Crippen molar-refractivity contribution in [2.45, 2.75) is 25.4 Å². The fourth-order valence-electron chi connectivity index (χ4n) is 3.59. The fraction of sp³-hybridized carbons (Fsp3) is 0.526. The first-order chi connectivity index (χ1) is 12.5. The van der Waals surface area contributed by atoms with Gasteiger partial charge in [0.15, 0.2) is 11.0 Å². The number of carbonyl (C=O) groups excluding carboxylic acids is 1. The highest BCUT2D eigenvalue weighted by Crippen LogP contribution is 2.30. The topological polar surface area (TPSA) is 60.3 Å². The predicted molar refractivity (Wildman–Crippen MR) is 103 cm³/mol. The van der Waals surface area contributed by atoms with E-state index in [9.17, 15) is 4.79 Å². The van der Waals surface area contributed by atoms with Crippen LogP contribution < -0.4 is 4.74 Å². The van der Waals surface area contributed by atoms with E-state index < -0.39 is 0 Å². The van der Waals surface area contributed by atoms with Crippen molar-refractivity contribution in [1.82, 2.24) is 19.7 Å². The summed E-state index contributed by atoms with van der Waals surface area (Å²) in [5.41, 5.74) is 0.891. The van der Waals surface area contributed by atoms with E-state index >= 15 is 0 Å². The van der Waals surface area contributed by atoms with Crippen molar-refractivity contribution in [2.75, 3.05) is 26.0 Å². The van der Waals surface area contributed by atoms with Crippen molar-refractivity contribution in [3.8, 4) is 17.1 Å². The molecule has 0 spiro atoms. The van der Waals surface area contributed by atoms with Crippen LogP contribution in [0.15, 0.2) is 29.4 Å². The number of methoxy groups -OCH3 is 1. The number of piperidine rings is 1. The maximum atomic E-state index is 12.6. The number of likely N-dealkylation sites (tertiary alicyclic amines) is 1. The normalized spacial score (nSPS) is 20.2. The second-order valence-corrected chi connectivity index (χ2v) is 8.04. The first-order valence-electron chi connectivity index (χ1n) is 8.93. The monoisotopic (exact) mass is 374 g/mol. The number of thioether (sulfide) groups is 1. The van der Waals surface area contributed by atoms with E-state index in [-0.39, 0.29) is 5.91 Å². The summed E-state index contributed by atoms with van der Waals surface area (Å²) in [4.78, 5) is 14.6. The summed E-state index contributed by atoms with van der Waals surface area (Å²) in [6.45, 7) is 6.14. The van der Waals surface area contributed by atoms with Crippen LogP contribution in [0.5, 0.6) is 5.75 Å². The number of hydrogen-bond acceptors (Lipinski definition) is 5. The van der Waals surface area contributed by atoms with Gasteiger partial charge >= 0.3 is 0 Å². The number of ether oxygens (including phenoxy) is 1. The highest BCUT2D eigenvalue weighted by atomic mass is 32.2. The minimum Gasteiger partial charge on any atom is -0.496 e. The third-order valence-corrected chi connectivity index (χ3v) is 5.73. The third-order valence-electron chi connectivity index (χ3n) is 4.73. The SMILES string of the molecule is COc1ccccc1-c1nnc(SCC(=O)N2C[C@@H](C)C[C@H](C)C2)n1C. The first kappa shape index (κ1) is 18.8. The lowest BCUT2D eigenvalue weighted by Crippen LogP contribution is -2.43. The van der Waals surface area contributed by atoms with E-state index in [0.717, 1.165) is 35.4 Å². The lowest BCUT2D eigenvalue weighted by atomic mass is 9.92. The van der Waals surface area contributed by atoms with E-state index in [4.69, 9.17) is 4.74 Å². The molecule has 3 rings (SSSR count). The Morgan fingerprint density at radius 3 is 2.62 bits per heavy atom. The molecule has 0 unspecified atom stereocenters. The summed E-state index contributed by atoms with van der Waals surface area (Å²) in [6, 6.07) is 7.73. The fourth-order valence-corrected chi connectivity index (χ4v) is 4.40. The van der Waals surface area contributed by atoms with Crippen LogP contribution in [0.3, 0.4) is 0 Å². The van der Waals surface area contributed by atoms with E-state index in [1.165, 1.54) is 18.2 Å². The molecule has 1 fully saturated rings. The number of amides is 1. The van der Waals surface area contributed by atoms with Crippen LogP contribution >= 0.6 is 11.8 Å². The first-order valence-corrected chi connectivity index (χ1v) is 9.91. The van der Waals surface area contributed by atoms with Gasteiger partial charge in [0.2, 0.25) is 5.91 Å². The lowest BCUT2D eigenvalue weighted by Gasteiger charge is -2.34. The second kappa shape index (κ2) is 8.12. The largest absolute Gasteiger partial charge is 0.496 e. The van der Waals surface area contributed by atoms with Crippen LogP contribution in [0.4, 0.5) is 0 Å². The molecule has 0 aliphatic carbocycles. The highest BCUT2D eigenvalue weighted by Gasteiger charge is 2.25. The molecule has 2 atom stereocenters. The molecule has 2 heterocycles. The number of aromatic nitrogens is 3. The van der Waals surface area contributed by atoms with Crippen molar-refractivity contribution >= 4 is 17.7 Å².